The van der Waals surface area contributed by atoms with Crippen LogP contribution in [0.4, 0.5) is 10.6 Å². The van der Waals surface area contributed by atoms with Gasteiger partial charge in [-0.1, -0.05) is 0 Å². The first-order valence-corrected chi connectivity index (χ1v) is 7.07. The van der Waals surface area contributed by atoms with E-state index in [1.54, 1.807) is 7.05 Å². The summed E-state index contributed by atoms with van der Waals surface area (Å²) >= 11 is 3.43. The molecule has 0 radical (unpaired) electrons. The molecule has 2 amide bonds. The average Bonchev–Trinajstić information content (AvgIpc) is 2.74. The van der Waals surface area contributed by atoms with Gasteiger partial charge >= 0.3 is 6.03 Å². The van der Waals surface area contributed by atoms with E-state index >= 15 is 0 Å². The number of urea groups is 1. The molecule has 1 aromatic rings. The normalized spacial score (nSPS) is 27.1. The molecular formula is C11H16BrN5O2. The lowest BCUT2D eigenvalue weighted by Crippen LogP contribution is -2.44. The molecule has 19 heavy (non-hydrogen) atoms. The molecule has 0 spiro atoms. The number of fused-ring (bicyclic) bond motifs is 1. The second-order valence-corrected chi connectivity index (χ2v) is 5.50. The Morgan fingerprint density at radius 3 is 3.00 bits per heavy atom. The van der Waals surface area contributed by atoms with Gasteiger partial charge in [-0.3, -0.25) is 9.88 Å². The van der Waals surface area contributed by atoms with Crippen LogP contribution in [0.3, 0.4) is 0 Å². The minimum absolute atomic E-state index is 0.102. The van der Waals surface area contributed by atoms with Crippen molar-refractivity contribution in [3.63, 3.8) is 0 Å². The highest BCUT2D eigenvalue weighted by atomic mass is 79.9. The minimum atomic E-state index is -0.537. The number of hydrogen-bond acceptors (Lipinski definition) is 4. The Labute approximate surface area is 119 Å². The number of carbonyl (C=O) groups excluding carboxylic acids is 1. The Morgan fingerprint density at radius 1 is 1.53 bits per heavy atom. The number of ether oxygens (including phenoxy) is 1. The van der Waals surface area contributed by atoms with E-state index in [9.17, 15) is 4.79 Å². The summed E-state index contributed by atoms with van der Waals surface area (Å²) in [5.74, 6) is 0.634. The van der Waals surface area contributed by atoms with Crippen molar-refractivity contribution in [2.75, 3.05) is 19.0 Å². The number of amides is 2. The van der Waals surface area contributed by atoms with E-state index in [1.165, 1.54) is 4.90 Å². The standard InChI is InChI=1S/C11H16BrN5O2/c1-16-8(13)7-9(15-11(16)18)17(10(12)14-7)6-4-2-3-5-19-6/h6,8H,2-5,13H2,1H3,(H,15,18). The van der Waals surface area contributed by atoms with Crippen LogP contribution >= 0.6 is 15.9 Å². The third kappa shape index (κ3) is 2.03. The molecule has 2 aliphatic rings. The zero-order valence-corrected chi connectivity index (χ0v) is 12.2. The van der Waals surface area contributed by atoms with E-state index in [2.05, 4.69) is 26.2 Å². The zero-order chi connectivity index (χ0) is 13.6. The summed E-state index contributed by atoms with van der Waals surface area (Å²) in [6, 6.07) is -0.232. The van der Waals surface area contributed by atoms with E-state index in [-0.39, 0.29) is 12.3 Å². The van der Waals surface area contributed by atoms with Gasteiger partial charge in [-0.15, -0.1) is 0 Å². The molecule has 1 fully saturated rings. The monoisotopic (exact) mass is 329 g/mol. The van der Waals surface area contributed by atoms with Crippen LogP contribution in [0, 0.1) is 0 Å². The summed E-state index contributed by atoms with van der Waals surface area (Å²) in [5, 5.41) is 2.82. The van der Waals surface area contributed by atoms with Crippen LogP contribution in [-0.4, -0.2) is 34.1 Å². The fraction of sp³-hybridized carbons (Fsp3) is 0.636. The van der Waals surface area contributed by atoms with Crippen molar-refractivity contribution in [2.24, 2.45) is 5.73 Å². The van der Waals surface area contributed by atoms with Crippen molar-refractivity contribution in [1.29, 1.82) is 0 Å². The molecule has 0 aromatic carbocycles. The maximum Gasteiger partial charge on any atom is 0.324 e. The third-order valence-electron chi connectivity index (χ3n) is 3.58. The Hall–Kier alpha value is -1.12. The number of nitrogens with two attached hydrogens (primary N) is 1. The van der Waals surface area contributed by atoms with E-state index in [0.29, 0.717) is 16.2 Å². The Morgan fingerprint density at radius 2 is 2.32 bits per heavy atom. The highest BCUT2D eigenvalue weighted by Crippen LogP contribution is 2.36. The first-order valence-electron chi connectivity index (χ1n) is 6.28. The van der Waals surface area contributed by atoms with Crippen LogP contribution in [0.15, 0.2) is 4.73 Å². The summed E-state index contributed by atoms with van der Waals surface area (Å²) in [6.07, 6.45) is 2.44. The number of hydrogen-bond donors (Lipinski definition) is 2. The summed E-state index contributed by atoms with van der Waals surface area (Å²) in [5.41, 5.74) is 6.68. The van der Waals surface area contributed by atoms with Gasteiger partial charge in [0.2, 0.25) is 0 Å². The molecule has 2 atom stereocenters. The van der Waals surface area contributed by atoms with Crippen LogP contribution in [-0.2, 0) is 4.74 Å². The molecule has 3 heterocycles. The van der Waals surface area contributed by atoms with Crippen LogP contribution in [0.25, 0.3) is 0 Å². The Bertz CT molecular complexity index is 511. The number of rotatable bonds is 1. The summed E-state index contributed by atoms with van der Waals surface area (Å²) in [7, 11) is 1.65. The molecule has 7 nitrogen and oxygen atoms in total. The molecule has 104 valence electrons. The highest BCUT2D eigenvalue weighted by Gasteiger charge is 2.34. The Kier molecular flexibility index (Phi) is 3.23. The molecule has 2 unspecified atom stereocenters. The fourth-order valence-corrected chi connectivity index (χ4v) is 3.04. The third-order valence-corrected chi connectivity index (χ3v) is 4.14. The molecule has 3 rings (SSSR count). The number of imidazole rings is 1. The van der Waals surface area contributed by atoms with Crippen LogP contribution in [0.5, 0.6) is 0 Å². The lowest BCUT2D eigenvalue weighted by molar-refractivity contribution is -0.0322. The molecule has 2 aliphatic heterocycles. The second kappa shape index (κ2) is 4.77. The van der Waals surface area contributed by atoms with E-state index in [4.69, 9.17) is 10.5 Å². The van der Waals surface area contributed by atoms with Crippen molar-refractivity contribution >= 4 is 27.8 Å². The van der Waals surface area contributed by atoms with Gasteiger partial charge in [0.1, 0.15) is 23.9 Å². The minimum Gasteiger partial charge on any atom is -0.358 e. The molecule has 0 aliphatic carbocycles. The number of carbonyl (C=O) groups is 1. The maximum absolute atomic E-state index is 11.8. The predicted molar refractivity (Wildman–Crippen MR) is 72.5 cm³/mol. The quantitative estimate of drug-likeness (QED) is 0.822. The molecule has 0 bridgehead atoms. The molecule has 1 saturated heterocycles. The van der Waals surface area contributed by atoms with Crippen LogP contribution in [0.1, 0.15) is 37.4 Å². The van der Waals surface area contributed by atoms with Gasteiger partial charge in [0.25, 0.3) is 0 Å². The van der Waals surface area contributed by atoms with Crippen molar-refractivity contribution in [3.8, 4) is 0 Å². The maximum atomic E-state index is 11.8. The summed E-state index contributed by atoms with van der Waals surface area (Å²) < 4.78 is 8.26. The number of aromatic nitrogens is 2. The topological polar surface area (TPSA) is 85.4 Å². The van der Waals surface area contributed by atoms with Gasteiger partial charge < -0.3 is 15.4 Å². The van der Waals surface area contributed by atoms with Crippen molar-refractivity contribution in [3.05, 3.63) is 10.4 Å². The average molecular weight is 330 g/mol. The van der Waals surface area contributed by atoms with E-state index < -0.39 is 6.17 Å². The van der Waals surface area contributed by atoms with Gasteiger partial charge in [-0.25, -0.2) is 9.78 Å². The first-order chi connectivity index (χ1) is 9.09. The molecule has 1 aromatic heterocycles. The van der Waals surface area contributed by atoms with Crippen molar-refractivity contribution in [1.82, 2.24) is 14.5 Å². The lowest BCUT2D eigenvalue weighted by atomic mass is 10.2. The van der Waals surface area contributed by atoms with Gasteiger partial charge in [0.15, 0.2) is 4.73 Å². The number of nitrogens with zero attached hydrogens (tertiary/aromatic N) is 3. The first kappa shape index (κ1) is 12.9. The number of nitrogens with one attached hydrogen (secondary N) is 1. The van der Waals surface area contributed by atoms with Gasteiger partial charge in [0.05, 0.1) is 0 Å². The number of anilines is 1. The Balaban J connectivity index is 2.02. The number of halogens is 1. The van der Waals surface area contributed by atoms with Crippen molar-refractivity contribution in [2.45, 2.75) is 31.7 Å². The molecular weight excluding hydrogens is 314 g/mol. The van der Waals surface area contributed by atoms with E-state index in [0.717, 1.165) is 25.9 Å². The largest absolute Gasteiger partial charge is 0.358 e. The van der Waals surface area contributed by atoms with Gasteiger partial charge in [0, 0.05) is 13.7 Å². The second-order valence-electron chi connectivity index (χ2n) is 4.79. The molecule has 3 N–H and O–H groups in total. The summed E-state index contributed by atoms with van der Waals surface area (Å²) in [4.78, 5) is 17.7. The zero-order valence-electron chi connectivity index (χ0n) is 10.6. The molecule has 0 saturated carbocycles. The van der Waals surface area contributed by atoms with Crippen molar-refractivity contribution < 1.29 is 9.53 Å². The lowest BCUT2D eigenvalue weighted by Gasteiger charge is -2.32. The SMILES string of the molecule is CN1C(=O)Nc2c(nc(Br)n2C2CCCCO2)C1N. The smallest absolute Gasteiger partial charge is 0.324 e. The highest BCUT2D eigenvalue weighted by molar-refractivity contribution is 9.10. The van der Waals surface area contributed by atoms with Crippen LogP contribution in [0.2, 0.25) is 0 Å². The predicted octanol–water partition coefficient (Wildman–Crippen LogP) is 1.78. The van der Waals surface area contributed by atoms with Gasteiger partial charge in [-0.05, 0) is 35.2 Å². The van der Waals surface area contributed by atoms with E-state index in [1.807, 2.05) is 4.57 Å². The van der Waals surface area contributed by atoms with Crippen LogP contribution < -0.4 is 11.1 Å². The summed E-state index contributed by atoms with van der Waals surface area (Å²) in [6.45, 7) is 0.726. The fourth-order valence-electron chi connectivity index (χ4n) is 2.44. The molecule has 8 heteroatoms. The van der Waals surface area contributed by atoms with Gasteiger partial charge in [-0.2, -0.15) is 0 Å².